The first kappa shape index (κ1) is 15.1. The van der Waals surface area contributed by atoms with Crippen LogP contribution in [0.2, 0.25) is 0 Å². The van der Waals surface area contributed by atoms with Crippen molar-refractivity contribution in [3.8, 4) is 0 Å². The molecule has 21 heavy (non-hydrogen) atoms. The van der Waals surface area contributed by atoms with Gasteiger partial charge in [0.15, 0.2) is 15.7 Å². The van der Waals surface area contributed by atoms with Crippen molar-refractivity contribution in [1.82, 2.24) is 9.27 Å². The molecule has 3 rings (SSSR count). The van der Waals surface area contributed by atoms with E-state index in [2.05, 4.69) is 28.1 Å². The standard InChI is InChI=1S/C13H22N4O2S2/c1-3-9-8-17(7-6-16(9)2)13-11(12(14)15-20-13)21(18,19)10-4-5-10/h9-10H,3-8H2,1-2H3,(H2,14,15). The van der Waals surface area contributed by atoms with Gasteiger partial charge in [-0.15, -0.1) is 0 Å². The number of piperazine rings is 1. The lowest BCUT2D eigenvalue weighted by molar-refractivity contribution is 0.213. The van der Waals surface area contributed by atoms with Crippen molar-refractivity contribution >= 4 is 32.2 Å². The largest absolute Gasteiger partial charge is 0.382 e. The molecule has 2 aliphatic rings. The van der Waals surface area contributed by atoms with Crippen LogP contribution < -0.4 is 10.6 Å². The van der Waals surface area contributed by atoms with Gasteiger partial charge >= 0.3 is 0 Å². The van der Waals surface area contributed by atoms with Crippen LogP contribution in [0.1, 0.15) is 26.2 Å². The Morgan fingerprint density at radius 2 is 2.10 bits per heavy atom. The Balaban J connectivity index is 1.93. The third-order valence-electron chi connectivity index (χ3n) is 4.44. The molecule has 1 aliphatic heterocycles. The smallest absolute Gasteiger partial charge is 0.187 e. The van der Waals surface area contributed by atoms with Crippen molar-refractivity contribution in [1.29, 1.82) is 0 Å². The molecular weight excluding hydrogens is 308 g/mol. The lowest BCUT2D eigenvalue weighted by Gasteiger charge is -2.39. The van der Waals surface area contributed by atoms with Crippen molar-refractivity contribution < 1.29 is 8.42 Å². The summed E-state index contributed by atoms with van der Waals surface area (Å²) >= 11 is 1.22. The van der Waals surface area contributed by atoms with Crippen LogP contribution in [0.5, 0.6) is 0 Å². The molecule has 2 N–H and O–H groups in total. The highest BCUT2D eigenvalue weighted by molar-refractivity contribution is 7.92. The van der Waals surface area contributed by atoms with Gasteiger partial charge in [-0.25, -0.2) is 8.42 Å². The minimum Gasteiger partial charge on any atom is -0.382 e. The Bertz CT molecular complexity index is 624. The highest BCUT2D eigenvalue weighted by atomic mass is 32.2. The van der Waals surface area contributed by atoms with Gasteiger partial charge in [-0.3, -0.25) is 4.90 Å². The number of nitrogens with two attached hydrogens (primary N) is 1. The molecule has 0 amide bonds. The summed E-state index contributed by atoms with van der Waals surface area (Å²) in [4.78, 5) is 4.77. The van der Waals surface area contributed by atoms with Crippen LogP contribution in [-0.4, -0.2) is 55.7 Å². The first-order valence-electron chi connectivity index (χ1n) is 7.39. The van der Waals surface area contributed by atoms with Crippen LogP contribution >= 0.6 is 11.5 Å². The zero-order valence-corrected chi connectivity index (χ0v) is 14.1. The van der Waals surface area contributed by atoms with Crippen molar-refractivity contribution in [3.05, 3.63) is 0 Å². The molecule has 1 saturated heterocycles. The van der Waals surface area contributed by atoms with Gasteiger partial charge in [0.1, 0.15) is 9.90 Å². The fourth-order valence-electron chi connectivity index (χ4n) is 2.87. The zero-order valence-electron chi connectivity index (χ0n) is 12.4. The second-order valence-corrected chi connectivity index (χ2v) is 8.85. The Labute approximate surface area is 130 Å². The average Bonchev–Trinajstić information content (AvgIpc) is 3.23. The molecular formula is C13H22N4O2S2. The first-order chi connectivity index (χ1) is 9.95. The summed E-state index contributed by atoms with van der Waals surface area (Å²) in [6.07, 6.45) is 2.54. The molecule has 1 unspecified atom stereocenters. The predicted molar refractivity (Wildman–Crippen MR) is 85.7 cm³/mol. The summed E-state index contributed by atoms with van der Waals surface area (Å²) in [6.45, 7) is 4.75. The molecule has 2 heterocycles. The highest BCUT2D eigenvalue weighted by Gasteiger charge is 2.42. The van der Waals surface area contributed by atoms with Gasteiger partial charge in [0, 0.05) is 25.7 Å². The molecule has 0 radical (unpaired) electrons. The summed E-state index contributed by atoms with van der Waals surface area (Å²) in [6, 6.07) is 0.443. The molecule has 1 atom stereocenters. The van der Waals surface area contributed by atoms with E-state index in [4.69, 9.17) is 5.73 Å². The third kappa shape index (κ3) is 2.64. The van der Waals surface area contributed by atoms with Crippen LogP contribution in [0.15, 0.2) is 4.90 Å². The lowest BCUT2D eigenvalue weighted by atomic mass is 10.1. The molecule has 0 spiro atoms. The summed E-state index contributed by atoms with van der Waals surface area (Å²) in [5.41, 5.74) is 5.88. The van der Waals surface area contributed by atoms with E-state index in [1.54, 1.807) is 0 Å². The molecule has 6 nitrogen and oxygen atoms in total. The van der Waals surface area contributed by atoms with Gasteiger partial charge in [-0.05, 0) is 37.8 Å². The number of rotatable bonds is 4. The summed E-state index contributed by atoms with van der Waals surface area (Å²) in [5, 5.41) is 0.496. The predicted octanol–water partition coefficient (Wildman–Crippen LogP) is 1.19. The van der Waals surface area contributed by atoms with E-state index in [0.717, 1.165) is 43.9 Å². The normalized spacial score (nSPS) is 24.5. The minimum absolute atomic E-state index is 0.175. The fraction of sp³-hybridized carbons (Fsp3) is 0.769. The van der Waals surface area contributed by atoms with E-state index in [9.17, 15) is 8.42 Å². The Hall–Kier alpha value is -0.860. The number of hydrogen-bond donors (Lipinski definition) is 1. The van der Waals surface area contributed by atoms with Crippen molar-refractivity contribution in [2.75, 3.05) is 37.3 Å². The second kappa shape index (κ2) is 5.40. The Morgan fingerprint density at radius 1 is 1.38 bits per heavy atom. The van der Waals surface area contributed by atoms with E-state index >= 15 is 0 Å². The van der Waals surface area contributed by atoms with Gasteiger partial charge in [-0.1, -0.05) is 6.92 Å². The SMILES string of the molecule is CCC1CN(c2snc(N)c2S(=O)(=O)C2CC2)CCN1C. The van der Waals surface area contributed by atoms with Crippen LogP contribution in [0.4, 0.5) is 10.8 Å². The molecule has 1 aromatic rings. The van der Waals surface area contributed by atoms with E-state index in [-0.39, 0.29) is 16.0 Å². The van der Waals surface area contributed by atoms with Gasteiger partial charge < -0.3 is 10.6 Å². The molecule has 0 bridgehead atoms. The van der Waals surface area contributed by atoms with E-state index in [1.807, 2.05) is 0 Å². The van der Waals surface area contributed by atoms with Crippen LogP contribution in [0, 0.1) is 0 Å². The first-order valence-corrected chi connectivity index (χ1v) is 9.71. The van der Waals surface area contributed by atoms with Gasteiger partial charge in [0.05, 0.1) is 5.25 Å². The van der Waals surface area contributed by atoms with E-state index < -0.39 is 9.84 Å². The van der Waals surface area contributed by atoms with Gasteiger partial charge in [-0.2, -0.15) is 4.37 Å². The van der Waals surface area contributed by atoms with Crippen molar-refractivity contribution in [3.63, 3.8) is 0 Å². The summed E-state index contributed by atoms with van der Waals surface area (Å²) in [5.74, 6) is 0.175. The van der Waals surface area contributed by atoms with Crippen LogP contribution in [0.3, 0.4) is 0 Å². The lowest BCUT2D eigenvalue weighted by Crippen LogP contribution is -2.51. The maximum Gasteiger partial charge on any atom is 0.187 e. The molecule has 2 fully saturated rings. The van der Waals surface area contributed by atoms with Gasteiger partial charge in [0.2, 0.25) is 0 Å². The molecule has 1 aromatic heterocycles. The summed E-state index contributed by atoms with van der Waals surface area (Å²) < 4.78 is 29.3. The number of likely N-dealkylation sites (N-methyl/N-ethyl adjacent to an activating group) is 1. The molecule has 8 heteroatoms. The van der Waals surface area contributed by atoms with Gasteiger partial charge in [0.25, 0.3) is 0 Å². The summed E-state index contributed by atoms with van der Waals surface area (Å²) in [7, 11) is -1.18. The number of aromatic nitrogens is 1. The zero-order chi connectivity index (χ0) is 15.2. The third-order valence-corrected chi connectivity index (χ3v) is 7.81. The number of hydrogen-bond acceptors (Lipinski definition) is 7. The molecule has 118 valence electrons. The van der Waals surface area contributed by atoms with Crippen molar-refractivity contribution in [2.45, 2.75) is 42.4 Å². The van der Waals surface area contributed by atoms with E-state index in [1.165, 1.54) is 11.5 Å². The van der Waals surface area contributed by atoms with E-state index in [0.29, 0.717) is 6.04 Å². The maximum absolute atomic E-state index is 12.6. The average molecular weight is 330 g/mol. The number of sulfone groups is 1. The van der Waals surface area contributed by atoms with Crippen LogP contribution in [-0.2, 0) is 9.84 Å². The number of nitrogens with zero attached hydrogens (tertiary/aromatic N) is 3. The Kier molecular flexibility index (Phi) is 3.87. The number of anilines is 2. The maximum atomic E-state index is 12.6. The molecule has 0 aromatic carbocycles. The molecule has 1 aliphatic carbocycles. The quantitative estimate of drug-likeness (QED) is 0.893. The monoisotopic (exact) mass is 330 g/mol. The second-order valence-electron chi connectivity index (χ2n) is 5.94. The fourth-order valence-corrected chi connectivity index (χ4v) is 5.93. The topological polar surface area (TPSA) is 79.5 Å². The highest BCUT2D eigenvalue weighted by Crippen LogP contribution is 2.42. The molecule has 1 saturated carbocycles. The van der Waals surface area contributed by atoms with Crippen LogP contribution in [0.25, 0.3) is 0 Å². The minimum atomic E-state index is -3.30. The number of nitrogen functional groups attached to an aromatic ring is 1. The Morgan fingerprint density at radius 3 is 2.71 bits per heavy atom. The van der Waals surface area contributed by atoms with Crippen molar-refractivity contribution in [2.24, 2.45) is 0 Å².